The number of imidazole rings is 1. The molecular formula is C11H12Cl2N4O. The lowest BCUT2D eigenvalue weighted by atomic mass is 10.4. The molecule has 1 amide bonds. The first-order chi connectivity index (χ1) is 8.65. The number of carbonyl (C=O) groups excluding carboxylic acids is 1. The van der Waals surface area contributed by atoms with Gasteiger partial charge < -0.3 is 9.88 Å². The maximum absolute atomic E-state index is 11.6. The van der Waals surface area contributed by atoms with Gasteiger partial charge in [0.05, 0.1) is 10.9 Å². The van der Waals surface area contributed by atoms with Crippen LogP contribution in [0.15, 0.2) is 12.3 Å². The Morgan fingerprint density at radius 3 is 3.00 bits per heavy atom. The molecule has 2 heterocycles. The third-order valence-electron chi connectivity index (χ3n) is 2.43. The first-order valence-corrected chi connectivity index (χ1v) is 6.40. The second-order valence-corrected chi connectivity index (χ2v) is 4.40. The van der Waals surface area contributed by atoms with Crippen molar-refractivity contribution in [1.82, 2.24) is 19.9 Å². The molecule has 0 saturated heterocycles. The molecule has 0 aromatic carbocycles. The minimum atomic E-state index is -0.0973. The molecule has 2 aromatic heterocycles. The SMILES string of the molecule is CCNC(=O)Cn1c(CCl)nc2cc(Cl)cnc21. The number of carbonyl (C=O) groups is 1. The summed E-state index contributed by atoms with van der Waals surface area (Å²) >= 11 is 11.7. The highest BCUT2D eigenvalue weighted by Gasteiger charge is 2.14. The molecule has 0 saturated carbocycles. The van der Waals surface area contributed by atoms with Crippen molar-refractivity contribution in [3.8, 4) is 0 Å². The maximum Gasteiger partial charge on any atom is 0.240 e. The molecule has 0 fully saturated rings. The Bertz CT molecular complexity index is 582. The Balaban J connectivity index is 2.43. The van der Waals surface area contributed by atoms with Crippen LogP contribution in [0.25, 0.3) is 11.2 Å². The highest BCUT2D eigenvalue weighted by atomic mass is 35.5. The van der Waals surface area contributed by atoms with E-state index in [-0.39, 0.29) is 18.3 Å². The molecule has 0 atom stereocenters. The molecule has 2 rings (SSSR count). The van der Waals surface area contributed by atoms with Gasteiger partial charge in [-0.1, -0.05) is 11.6 Å². The summed E-state index contributed by atoms with van der Waals surface area (Å²) in [6.45, 7) is 2.60. The van der Waals surface area contributed by atoms with E-state index in [2.05, 4.69) is 15.3 Å². The summed E-state index contributed by atoms with van der Waals surface area (Å²) in [4.78, 5) is 20.1. The van der Waals surface area contributed by atoms with Gasteiger partial charge in [-0.2, -0.15) is 0 Å². The van der Waals surface area contributed by atoms with Crippen molar-refractivity contribution >= 4 is 40.3 Å². The monoisotopic (exact) mass is 286 g/mol. The quantitative estimate of drug-likeness (QED) is 0.874. The van der Waals surface area contributed by atoms with Gasteiger partial charge >= 0.3 is 0 Å². The van der Waals surface area contributed by atoms with E-state index in [4.69, 9.17) is 23.2 Å². The van der Waals surface area contributed by atoms with E-state index in [1.807, 2.05) is 6.92 Å². The van der Waals surface area contributed by atoms with Crippen LogP contribution in [0, 0.1) is 0 Å². The molecule has 18 heavy (non-hydrogen) atoms. The van der Waals surface area contributed by atoms with Gasteiger partial charge in [0.2, 0.25) is 5.91 Å². The van der Waals surface area contributed by atoms with Crippen molar-refractivity contribution in [3.63, 3.8) is 0 Å². The lowest BCUT2D eigenvalue weighted by Crippen LogP contribution is -2.27. The third kappa shape index (κ3) is 2.57. The highest BCUT2D eigenvalue weighted by Crippen LogP contribution is 2.18. The Hall–Kier alpha value is -1.33. The number of fused-ring (bicyclic) bond motifs is 1. The minimum absolute atomic E-state index is 0.0973. The van der Waals surface area contributed by atoms with E-state index in [0.29, 0.717) is 28.6 Å². The fraction of sp³-hybridized carbons (Fsp3) is 0.364. The second kappa shape index (κ2) is 5.54. The minimum Gasteiger partial charge on any atom is -0.355 e. The molecule has 2 aromatic rings. The smallest absolute Gasteiger partial charge is 0.240 e. The Morgan fingerprint density at radius 1 is 1.56 bits per heavy atom. The summed E-state index contributed by atoms with van der Waals surface area (Å²) in [5.41, 5.74) is 1.25. The molecule has 7 heteroatoms. The molecule has 96 valence electrons. The standard InChI is InChI=1S/C11H12Cl2N4O/c1-2-14-10(18)6-17-9(4-12)16-8-3-7(13)5-15-11(8)17/h3,5H,2,4,6H2,1H3,(H,14,18). The summed E-state index contributed by atoms with van der Waals surface area (Å²) in [6, 6.07) is 1.70. The van der Waals surface area contributed by atoms with Gasteiger partial charge in [0.15, 0.2) is 5.65 Å². The number of pyridine rings is 1. The topological polar surface area (TPSA) is 59.8 Å². The van der Waals surface area contributed by atoms with Crippen LogP contribution in [0.2, 0.25) is 5.02 Å². The van der Waals surface area contributed by atoms with Crippen molar-refractivity contribution in [1.29, 1.82) is 0 Å². The number of hydrogen-bond acceptors (Lipinski definition) is 3. The average Bonchev–Trinajstić information content (AvgIpc) is 2.66. The summed E-state index contributed by atoms with van der Waals surface area (Å²) in [7, 11) is 0. The van der Waals surface area contributed by atoms with Gasteiger partial charge in [-0.3, -0.25) is 4.79 Å². The van der Waals surface area contributed by atoms with Crippen LogP contribution in [0.1, 0.15) is 12.7 Å². The lowest BCUT2D eigenvalue weighted by molar-refractivity contribution is -0.121. The molecular weight excluding hydrogens is 275 g/mol. The zero-order valence-corrected chi connectivity index (χ0v) is 11.3. The van der Waals surface area contributed by atoms with Crippen LogP contribution in [-0.4, -0.2) is 27.0 Å². The van der Waals surface area contributed by atoms with E-state index in [1.165, 1.54) is 6.20 Å². The number of aromatic nitrogens is 3. The second-order valence-electron chi connectivity index (χ2n) is 3.70. The Kier molecular flexibility index (Phi) is 4.04. The molecule has 0 aliphatic rings. The first-order valence-electron chi connectivity index (χ1n) is 5.49. The van der Waals surface area contributed by atoms with E-state index < -0.39 is 0 Å². The molecule has 0 bridgehead atoms. The van der Waals surface area contributed by atoms with E-state index >= 15 is 0 Å². The van der Waals surface area contributed by atoms with Gasteiger partial charge in [0.25, 0.3) is 0 Å². The summed E-state index contributed by atoms with van der Waals surface area (Å²) in [6.07, 6.45) is 1.53. The van der Waals surface area contributed by atoms with Gasteiger partial charge in [0.1, 0.15) is 17.9 Å². The lowest BCUT2D eigenvalue weighted by Gasteiger charge is -2.06. The van der Waals surface area contributed by atoms with Gasteiger partial charge in [0, 0.05) is 12.7 Å². The Labute approximate surface area is 114 Å². The van der Waals surface area contributed by atoms with Crippen molar-refractivity contribution in [2.24, 2.45) is 0 Å². The molecule has 1 N–H and O–H groups in total. The van der Waals surface area contributed by atoms with Crippen molar-refractivity contribution in [2.75, 3.05) is 6.54 Å². The van der Waals surface area contributed by atoms with Gasteiger partial charge in [-0.25, -0.2) is 9.97 Å². The number of rotatable bonds is 4. The van der Waals surface area contributed by atoms with Crippen LogP contribution >= 0.6 is 23.2 Å². The number of nitrogens with one attached hydrogen (secondary N) is 1. The summed E-state index contributed by atoms with van der Waals surface area (Å²) in [5, 5.41) is 3.23. The van der Waals surface area contributed by atoms with E-state index in [9.17, 15) is 4.79 Å². The van der Waals surface area contributed by atoms with Crippen molar-refractivity contribution in [2.45, 2.75) is 19.3 Å². The number of likely N-dealkylation sites (N-methyl/N-ethyl adjacent to an activating group) is 1. The Morgan fingerprint density at radius 2 is 2.33 bits per heavy atom. The van der Waals surface area contributed by atoms with Crippen LogP contribution in [0.4, 0.5) is 0 Å². The van der Waals surface area contributed by atoms with Crippen LogP contribution in [0.5, 0.6) is 0 Å². The normalized spacial score (nSPS) is 10.8. The van der Waals surface area contributed by atoms with E-state index in [1.54, 1.807) is 10.6 Å². The average molecular weight is 287 g/mol. The van der Waals surface area contributed by atoms with Gasteiger partial charge in [-0.05, 0) is 13.0 Å². The molecule has 0 unspecified atom stereocenters. The van der Waals surface area contributed by atoms with Gasteiger partial charge in [-0.15, -0.1) is 11.6 Å². The number of hydrogen-bond donors (Lipinski definition) is 1. The van der Waals surface area contributed by atoms with Crippen molar-refractivity contribution in [3.05, 3.63) is 23.1 Å². The van der Waals surface area contributed by atoms with Crippen LogP contribution in [0.3, 0.4) is 0 Å². The predicted molar refractivity (Wildman–Crippen MR) is 70.8 cm³/mol. The maximum atomic E-state index is 11.6. The molecule has 0 aliphatic carbocycles. The fourth-order valence-electron chi connectivity index (χ4n) is 1.70. The van der Waals surface area contributed by atoms with E-state index in [0.717, 1.165) is 0 Å². The molecule has 5 nitrogen and oxygen atoms in total. The fourth-order valence-corrected chi connectivity index (χ4v) is 2.05. The summed E-state index contributed by atoms with van der Waals surface area (Å²) < 4.78 is 1.70. The number of alkyl halides is 1. The molecule has 0 radical (unpaired) electrons. The first kappa shape index (κ1) is 13.1. The van der Waals surface area contributed by atoms with Crippen LogP contribution < -0.4 is 5.32 Å². The van der Waals surface area contributed by atoms with Crippen molar-refractivity contribution < 1.29 is 4.79 Å². The highest BCUT2D eigenvalue weighted by molar-refractivity contribution is 6.31. The predicted octanol–water partition coefficient (Wildman–Crippen LogP) is 1.96. The number of nitrogens with zero attached hydrogens (tertiary/aromatic N) is 3. The third-order valence-corrected chi connectivity index (χ3v) is 2.87. The largest absolute Gasteiger partial charge is 0.355 e. The number of amides is 1. The molecule has 0 spiro atoms. The van der Waals surface area contributed by atoms with Crippen LogP contribution in [-0.2, 0) is 17.2 Å². The summed E-state index contributed by atoms with van der Waals surface area (Å²) in [5.74, 6) is 0.723. The molecule has 0 aliphatic heterocycles. The zero-order valence-electron chi connectivity index (χ0n) is 9.78. The zero-order chi connectivity index (χ0) is 13.1. The number of halogens is 2.